The zero-order chi connectivity index (χ0) is 16.7. The van der Waals surface area contributed by atoms with Crippen LogP contribution in [0.5, 0.6) is 0 Å². The van der Waals surface area contributed by atoms with Crippen LogP contribution >= 0.6 is 0 Å². The van der Waals surface area contributed by atoms with Gasteiger partial charge < -0.3 is 14.2 Å². The summed E-state index contributed by atoms with van der Waals surface area (Å²) in [5, 5.41) is 10.3. The third-order valence-electron chi connectivity index (χ3n) is 5.45. The first-order valence-electron chi connectivity index (χ1n) is 8.05. The van der Waals surface area contributed by atoms with E-state index >= 15 is 0 Å². The Morgan fingerprint density at radius 3 is 2.05 bits per heavy atom. The molecule has 21 heavy (non-hydrogen) atoms. The van der Waals surface area contributed by atoms with Gasteiger partial charge in [0.2, 0.25) is 0 Å². The molecule has 0 amide bonds. The van der Waals surface area contributed by atoms with Gasteiger partial charge in [0.25, 0.3) is 7.48 Å². The second-order valence-corrected chi connectivity index (χ2v) is 13.9. The van der Waals surface area contributed by atoms with Gasteiger partial charge in [-0.15, -0.1) is 0 Å². The maximum atomic E-state index is 10.1. The molecular formula is C16H34BO3Si. The van der Waals surface area contributed by atoms with Crippen molar-refractivity contribution in [1.29, 1.82) is 0 Å². The van der Waals surface area contributed by atoms with Crippen molar-refractivity contribution in [2.45, 2.75) is 90.0 Å². The first kappa shape index (κ1) is 19.2. The normalized spacial score (nSPS) is 24.1. The molecule has 5 heteroatoms. The van der Waals surface area contributed by atoms with Crippen molar-refractivity contribution in [3.05, 3.63) is 0 Å². The summed E-state index contributed by atoms with van der Waals surface area (Å²) >= 11 is 0. The molecule has 0 spiro atoms. The van der Waals surface area contributed by atoms with Crippen molar-refractivity contribution in [1.82, 2.24) is 0 Å². The zero-order valence-electron chi connectivity index (χ0n) is 15.4. The van der Waals surface area contributed by atoms with Crippen LogP contribution in [0.4, 0.5) is 0 Å². The van der Waals surface area contributed by atoms with Crippen molar-refractivity contribution in [3.8, 4) is 0 Å². The molecule has 1 rings (SSSR count). The van der Waals surface area contributed by atoms with Crippen LogP contribution in [0.15, 0.2) is 0 Å². The highest BCUT2D eigenvalue weighted by Gasteiger charge is 2.45. The molecule has 0 bridgehead atoms. The fourth-order valence-electron chi connectivity index (χ4n) is 1.56. The van der Waals surface area contributed by atoms with Crippen molar-refractivity contribution < 1.29 is 14.2 Å². The summed E-state index contributed by atoms with van der Waals surface area (Å²) in [4.78, 5) is 0. The van der Waals surface area contributed by atoms with Gasteiger partial charge in [0.05, 0.1) is 11.2 Å². The van der Waals surface area contributed by atoms with Gasteiger partial charge in [-0.1, -0.05) is 27.2 Å². The summed E-state index contributed by atoms with van der Waals surface area (Å²) < 4.78 is 12.1. The first-order valence-corrected chi connectivity index (χ1v) is 11.0. The highest BCUT2D eigenvalue weighted by molar-refractivity contribution is 6.74. The lowest BCUT2D eigenvalue weighted by Gasteiger charge is -2.38. The topological polar surface area (TPSA) is 38.7 Å². The lowest BCUT2D eigenvalue weighted by molar-refractivity contribution is -0.0906. The highest BCUT2D eigenvalue weighted by Crippen LogP contribution is 2.47. The van der Waals surface area contributed by atoms with Gasteiger partial charge in [0.1, 0.15) is 0 Å². The number of hydrogen-bond donors (Lipinski definition) is 1. The van der Waals surface area contributed by atoms with Crippen LogP contribution in [0, 0.1) is 5.92 Å². The van der Waals surface area contributed by atoms with E-state index in [0.717, 1.165) is 13.0 Å². The van der Waals surface area contributed by atoms with Crippen LogP contribution in [-0.2, 0) is 9.08 Å². The maximum absolute atomic E-state index is 10.1. The number of rotatable bonds is 7. The summed E-state index contributed by atoms with van der Waals surface area (Å²) in [7, 11) is 0.273. The lowest BCUT2D eigenvalue weighted by Crippen LogP contribution is -2.48. The summed E-state index contributed by atoms with van der Waals surface area (Å²) in [6, 6.07) is 0. The third kappa shape index (κ3) is 5.09. The Hall–Kier alpha value is 0.162. The van der Waals surface area contributed by atoms with E-state index in [1.54, 1.807) is 13.8 Å². The van der Waals surface area contributed by atoms with Gasteiger partial charge in [0, 0.05) is 6.61 Å². The van der Waals surface area contributed by atoms with E-state index in [1.165, 1.54) is 0 Å². The molecule has 1 aliphatic rings. The Balaban J connectivity index is 2.34. The monoisotopic (exact) mass is 313 g/mol. The summed E-state index contributed by atoms with van der Waals surface area (Å²) in [6.07, 6.45) is 1.14. The fourth-order valence-corrected chi connectivity index (χ4v) is 2.63. The standard InChI is InChI=1S/C16H34BO3Si/c1-14(2,3)21(8,9)19-11-12-10-13(12)17-20-16(6,7)15(4,5)18/h12-13,18H,10-11H2,1-9H3/t12-,13+/m0/s1. The van der Waals surface area contributed by atoms with Crippen LogP contribution < -0.4 is 0 Å². The summed E-state index contributed by atoms with van der Waals surface area (Å²) in [5.74, 6) is 1.05. The molecule has 2 atom stereocenters. The highest BCUT2D eigenvalue weighted by atomic mass is 28.4. The quantitative estimate of drug-likeness (QED) is 0.722. The van der Waals surface area contributed by atoms with Crippen molar-refractivity contribution in [2.24, 2.45) is 5.92 Å². The Morgan fingerprint density at radius 2 is 1.62 bits per heavy atom. The van der Waals surface area contributed by atoms with Gasteiger partial charge in [-0.25, -0.2) is 0 Å². The summed E-state index contributed by atoms with van der Waals surface area (Å²) in [6.45, 7) is 19.6. The predicted molar refractivity (Wildman–Crippen MR) is 92.2 cm³/mol. The first-order chi connectivity index (χ1) is 9.17. The van der Waals surface area contributed by atoms with Gasteiger partial charge in [-0.3, -0.25) is 0 Å². The molecule has 123 valence electrons. The lowest BCUT2D eigenvalue weighted by atomic mass is 9.83. The molecule has 1 aliphatic carbocycles. The van der Waals surface area contributed by atoms with E-state index in [1.807, 2.05) is 21.3 Å². The van der Waals surface area contributed by atoms with Crippen LogP contribution in [-0.4, -0.2) is 38.7 Å². The second kappa shape index (κ2) is 5.99. The van der Waals surface area contributed by atoms with Gasteiger partial charge >= 0.3 is 0 Å². The average Bonchev–Trinajstić information content (AvgIpc) is 2.99. The molecule has 0 aromatic heterocycles. The fraction of sp³-hybridized carbons (Fsp3) is 1.00. The van der Waals surface area contributed by atoms with Crippen molar-refractivity contribution >= 4 is 15.8 Å². The molecular weight excluding hydrogens is 279 g/mol. The molecule has 1 saturated carbocycles. The average molecular weight is 313 g/mol. The van der Waals surface area contributed by atoms with Crippen molar-refractivity contribution in [3.63, 3.8) is 0 Å². The summed E-state index contributed by atoms with van der Waals surface area (Å²) in [5.41, 5.74) is -1.42. The number of aliphatic hydroxyl groups is 1. The molecule has 3 nitrogen and oxygen atoms in total. The Kier molecular flexibility index (Phi) is 5.48. The maximum Gasteiger partial charge on any atom is 0.297 e. The Bertz CT molecular complexity index is 322. The molecule has 1 radical (unpaired) electrons. The zero-order valence-corrected chi connectivity index (χ0v) is 16.4. The third-order valence-corrected chi connectivity index (χ3v) is 9.95. The minimum Gasteiger partial charge on any atom is -0.433 e. The largest absolute Gasteiger partial charge is 0.433 e. The van der Waals surface area contributed by atoms with Gasteiger partial charge in [0.15, 0.2) is 8.32 Å². The van der Waals surface area contributed by atoms with Crippen LogP contribution in [0.2, 0.25) is 23.9 Å². The van der Waals surface area contributed by atoms with E-state index in [4.69, 9.17) is 9.08 Å². The Labute approximate surface area is 133 Å². The van der Waals surface area contributed by atoms with E-state index < -0.39 is 19.5 Å². The van der Waals surface area contributed by atoms with E-state index in [-0.39, 0.29) is 5.04 Å². The van der Waals surface area contributed by atoms with Crippen LogP contribution in [0.1, 0.15) is 54.9 Å². The SMILES string of the molecule is CC(C)(O)C(C)(C)O[B][C@@H]1C[C@H]1CO[Si](C)(C)C(C)(C)C. The van der Waals surface area contributed by atoms with E-state index in [2.05, 4.69) is 33.9 Å². The molecule has 0 unspecified atom stereocenters. The molecule has 1 fully saturated rings. The second-order valence-electron chi connectivity index (χ2n) is 9.05. The molecule has 1 N–H and O–H groups in total. The minimum absolute atomic E-state index is 0.264. The molecule has 0 heterocycles. The van der Waals surface area contributed by atoms with Crippen LogP contribution in [0.3, 0.4) is 0 Å². The van der Waals surface area contributed by atoms with Gasteiger partial charge in [-0.2, -0.15) is 0 Å². The molecule has 0 aromatic carbocycles. The number of hydrogen-bond acceptors (Lipinski definition) is 3. The molecule has 0 aliphatic heterocycles. The minimum atomic E-state index is -1.64. The van der Waals surface area contributed by atoms with Crippen LogP contribution in [0.25, 0.3) is 0 Å². The van der Waals surface area contributed by atoms with Gasteiger partial charge in [-0.05, 0) is 57.6 Å². The molecule has 0 aromatic rings. The smallest absolute Gasteiger partial charge is 0.297 e. The van der Waals surface area contributed by atoms with Crippen molar-refractivity contribution in [2.75, 3.05) is 6.61 Å². The van der Waals surface area contributed by atoms with E-state index in [0.29, 0.717) is 11.7 Å². The predicted octanol–water partition coefficient (Wildman–Crippen LogP) is 4.00. The molecule has 0 saturated heterocycles. The Morgan fingerprint density at radius 1 is 1.10 bits per heavy atom. The van der Waals surface area contributed by atoms with E-state index in [9.17, 15) is 5.11 Å².